The van der Waals surface area contributed by atoms with Gasteiger partial charge in [-0.25, -0.2) is 0 Å². The Morgan fingerprint density at radius 2 is 1.75 bits per heavy atom. The number of carbonyl (C=O) groups is 1. The number of nitrogens with zero attached hydrogens (tertiary/aromatic N) is 2. The lowest BCUT2D eigenvalue weighted by Gasteiger charge is -2.44. The number of hydrogen-bond acceptors (Lipinski definition) is 3. The predicted octanol–water partition coefficient (Wildman–Crippen LogP) is 4.94. The number of rotatable bonds is 7. The molecular weight excluding hydrogens is 394 g/mol. The molecule has 1 N–H and O–H groups in total. The Morgan fingerprint density at radius 1 is 0.969 bits per heavy atom. The minimum atomic E-state index is -0.261. The molecule has 1 amide bonds. The third-order valence-corrected chi connectivity index (χ3v) is 8.33. The molecule has 0 saturated carbocycles. The first-order chi connectivity index (χ1) is 15.5. The number of amides is 1. The molecule has 0 aromatic heterocycles. The minimum Gasteiger partial charge on any atom is -0.325 e. The third-order valence-electron chi connectivity index (χ3n) is 8.33. The summed E-state index contributed by atoms with van der Waals surface area (Å²) in [5.74, 6) is 0.247. The second-order valence-corrected chi connectivity index (χ2v) is 10.4. The Morgan fingerprint density at radius 3 is 2.53 bits per heavy atom. The van der Waals surface area contributed by atoms with Crippen molar-refractivity contribution >= 4 is 11.6 Å². The van der Waals surface area contributed by atoms with Crippen LogP contribution in [0.5, 0.6) is 0 Å². The van der Waals surface area contributed by atoms with E-state index in [1.165, 1.54) is 23.1 Å². The highest BCUT2D eigenvalue weighted by Crippen LogP contribution is 2.49. The smallest absolute Gasteiger partial charge is 0.235 e. The number of benzene rings is 2. The topological polar surface area (TPSA) is 35.6 Å². The summed E-state index contributed by atoms with van der Waals surface area (Å²) in [6, 6.07) is 17.3. The second-order valence-electron chi connectivity index (χ2n) is 10.4. The molecule has 2 aliphatic heterocycles. The van der Waals surface area contributed by atoms with Gasteiger partial charge in [0.15, 0.2) is 0 Å². The molecule has 1 atom stereocenters. The molecule has 1 fully saturated rings. The number of unbranched alkanes of at least 4 members (excludes halogenated alkanes) is 1. The highest BCUT2D eigenvalue weighted by atomic mass is 16.2. The van der Waals surface area contributed by atoms with Gasteiger partial charge in [-0.1, -0.05) is 48.9 Å². The lowest BCUT2D eigenvalue weighted by molar-refractivity contribution is -0.121. The van der Waals surface area contributed by atoms with Gasteiger partial charge >= 0.3 is 0 Å². The van der Waals surface area contributed by atoms with Gasteiger partial charge in [-0.3, -0.25) is 9.69 Å². The van der Waals surface area contributed by atoms with Crippen molar-refractivity contribution in [3.05, 3.63) is 65.2 Å². The molecule has 32 heavy (non-hydrogen) atoms. The van der Waals surface area contributed by atoms with Crippen LogP contribution in [0.3, 0.4) is 0 Å². The zero-order chi connectivity index (χ0) is 22.2. The molecule has 0 spiro atoms. The number of carbonyl (C=O) groups excluding carboxylic acids is 1. The SMILES string of the molecule is CC(C)(c1ccccc1)N1CCN(CCCCC23CCCc4cccc(c42)NC3=O)CC1. The molecule has 0 bridgehead atoms. The van der Waals surface area contributed by atoms with Crippen LogP contribution in [0.4, 0.5) is 5.69 Å². The molecular formula is C28H37N3O. The maximum atomic E-state index is 13.0. The van der Waals surface area contributed by atoms with Crippen molar-refractivity contribution in [2.75, 3.05) is 38.0 Å². The third kappa shape index (κ3) is 3.78. The summed E-state index contributed by atoms with van der Waals surface area (Å²) in [4.78, 5) is 18.2. The van der Waals surface area contributed by atoms with Crippen LogP contribution in [0.2, 0.25) is 0 Å². The Hall–Kier alpha value is -2.17. The summed E-state index contributed by atoms with van der Waals surface area (Å²) < 4.78 is 0. The van der Waals surface area contributed by atoms with E-state index in [0.29, 0.717) is 0 Å². The molecule has 1 unspecified atom stereocenters. The summed E-state index contributed by atoms with van der Waals surface area (Å²) in [5.41, 5.74) is 5.01. The summed E-state index contributed by atoms with van der Waals surface area (Å²) >= 11 is 0. The fourth-order valence-electron chi connectivity index (χ4n) is 6.34. The largest absolute Gasteiger partial charge is 0.325 e. The van der Waals surface area contributed by atoms with Gasteiger partial charge < -0.3 is 10.2 Å². The van der Waals surface area contributed by atoms with Crippen LogP contribution in [0.15, 0.2) is 48.5 Å². The highest BCUT2D eigenvalue weighted by molar-refractivity contribution is 6.07. The van der Waals surface area contributed by atoms with Crippen molar-refractivity contribution in [1.82, 2.24) is 9.80 Å². The molecule has 1 aliphatic carbocycles. The van der Waals surface area contributed by atoms with Crippen molar-refractivity contribution < 1.29 is 4.79 Å². The molecule has 1 saturated heterocycles. The van der Waals surface area contributed by atoms with Crippen LogP contribution < -0.4 is 5.32 Å². The molecule has 170 valence electrons. The molecule has 0 radical (unpaired) electrons. The van der Waals surface area contributed by atoms with Gasteiger partial charge in [0, 0.05) is 37.4 Å². The summed E-state index contributed by atoms with van der Waals surface area (Å²) in [7, 11) is 0. The van der Waals surface area contributed by atoms with Crippen LogP contribution in [0.25, 0.3) is 0 Å². The van der Waals surface area contributed by atoms with Crippen LogP contribution >= 0.6 is 0 Å². The van der Waals surface area contributed by atoms with E-state index in [1.54, 1.807) is 0 Å². The molecule has 2 heterocycles. The van der Waals surface area contributed by atoms with Gasteiger partial charge in [-0.2, -0.15) is 0 Å². The number of hydrogen-bond donors (Lipinski definition) is 1. The van der Waals surface area contributed by atoms with Gasteiger partial charge in [-0.15, -0.1) is 0 Å². The van der Waals surface area contributed by atoms with Crippen molar-refractivity contribution in [1.29, 1.82) is 0 Å². The van der Waals surface area contributed by atoms with E-state index in [9.17, 15) is 4.79 Å². The monoisotopic (exact) mass is 431 g/mol. The average molecular weight is 432 g/mol. The molecule has 4 nitrogen and oxygen atoms in total. The van der Waals surface area contributed by atoms with E-state index < -0.39 is 0 Å². The zero-order valence-corrected chi connectivity index (χ0v) is 19.7. The second kappa shape index (κ2) is 8.64. The minimum absolute atomic E-state index is 0.0778. The van der Waals surface area contributed by atoms with Crippen LogP contribution in [-0.4, -0.2) is 48.4 Å². The van der Waals surface area contributed by atoms with E-state index in [4.69, 9.17) is 0 Å². The first-order valence-corrected chi connectivity index (χ1v) is 12.5. The molecule has 4 heteroatoms. The van der Waals surface area contributed by atoms with Crippen molar-refractivity contribution in [3.63, 3.8) is 0 Å². The van der Waals surface area contributed by atoms with E-state index in [-0.39, 0.29) is 16.9 Å². The van der Waals surface area contributed by atoms with Crippen LogP contribution in [0, 0.1) is 0 Å². The fraction of sp³-hybridized carbons (Fsp3) is 0.536. The molecule has 5 rings (SSSR count). The number of piperazine rings is 1. The van der Waals surface area contributed by atoms with Gasteiger partial charge in [0.05, 0.1) is 5.41 Å². The predicted molar refractivity (Wildman–Crippen MR) is 131 cm³/mol. The van der Waals surface area contributed by atoms with Crippen molar-refractivity contribution in [2.24, 2.45) is 0 Å². The maximum Gasteiger partial charge on any atom is 0.235 e. The number of aryl methyl sites for hydroxylation is 1. The van der Waals surface area contributed by atoms with Gasteiger partial charge in [0.1, 0.15) is 0 Å². The average Bonchev–Trinajstić information content (AvgIpc) is 3.11. The highest BCUT2D eigenvalue weighted by Gasteiger charge is 2.48. The van der Waals surface area contributed by atoms with Crippen LogP contribution in [0.1, 0.15) is 62.6 Å². The van der Waals surface area contributed by atoms with Gasteiger partial charge in [0.25, 0.3) is 0 Å². The quantitative estimate of drug-likeness (QED) is 0.631. The molecule has 2 aromatic rings. The summed E-state index contributed by atoms with van der Waals surface area (Å²) in [5, 5.41) is 3.19. The summed E-state index contributed by atoms with van der Waals surface area (Å²) in [6.45, 7) is 10.3. The normalized spacial score (nSPS) is 23.8. The zero-order valence-electron chi connectivity index (χ0n) is 19.7. The first kappa shape index (κ1) is 21.7. The van der Waals surface area contributed by atoms with Crippen molar-refractivity contribution in [3.8, 4) is 0 Å². The lowest BCUT2D eigenvalue weighted by atomic mass is 9.68. The Balaban J connectivity index is 1.13. The standard InChI is InChI=1S/C28H37N3O/c1-27(2,23-12-4-3-5-13-23)31-20-18-30(19-21-31)17-7-6-15-28-16-9-11-22-10-8-14-24(25(22)28)29-26(28)32/h3-5,8,10,12-14H,6-7,9,11,15-21H2,1-2H3,(H,29,32). The summed E-state index contributed by atoms with van der Waals surface area (Å²) in [6.07, 6.45) is 6.54. The van der Waals surface area contributed by atoms with E-state index in [1.807, 2.05) is 0 Å². The number of anilines is 1. The first-order valence-electron chi connectivity index (χ1n) is 12.5. The van der Waals surface area contributed by atoms with Crippen LogP contribution in [-0.2, 0) is 22.2 Å². The number of nitrogens with one attached hydrogen (secondary N) is 1. The van der Waals surface area contributed by atoms with Crippen molar-refractivity contribution in [2.45, 2.75) is 63.3 Å². The molecule has 2 aromatic carbocycles. The van der Waals surface area contributed by atoms with Gasteiger partial charge in [-0.05, 0) is 75.3 Å². The lowest BCUT2D eigenvalue weighted by Crippen LogP contribution is -2.53. The van der Waals surface area contributed by atoms with E-state index >= 15 is 0 Å². The maximum absolute atomic E-state index is 13.0. The van der Waals surface area contributed by atoms with E-state index in [0.717, 1.165) is 70.5 Å². The Bertz CT molecular complexity index is 962. The fourth-order valence-corrected chi connectivity index (χ4v) is 6.34. The Labute approximate surface area is 193 Å². The van der Waals surface area contributed by atoms with E-state index in [2.05, 4.69) is 77.5 Å². The van der Waals surface area contributed by atoms with Gasteiger partial charge in [0.2, 0.25) is 5.91 Å². The Kier molecular flexibility index (Phi) is 5.85. The molecule has 3 aliphatic rings.